The molecule has 0 radical (unpaired) electrons. The van der Waals surface area contributed by atoms with E-state index >= 15 is 0 Å². The summed E-state index contributed by atoms with van der Waals surface area (Å²) in [5, 5.41) is 11.8. The van der Waals surface area contributed by atoms with Gasteiger partial charge in [-0.3, -0.25) is 9.59 Å². The number of aliphatic carboxylic acids is 1. The summed E-state index contributed by atoms with van der Waals surface area (Å²) in [6.07, 6.45) is 71.6. The number of hydrogen-bond acceptors (Lipinski definition) is 8. The molecule has 0 bridgehead atoms. The van der Waals surface area contributed by atoms with E-state index in [1.54, 1.807) is 0 Å². The highest BCUT2D eigenvalue weighted by atomic mass is 16.7. The Labute approximate surface area is 469 Å². The first-order valence-electron chi connectivity index (χ1n) is 31.9. The first-order chi connectivity index (χ1) is 37.1. The molecule has 9 heteroatoms. The molecule has 2 atom stereocenters. The van der Waals surface area contributed by atoms with Crippen molar-refractivity contribution in [2.75, 3.05) is 47.5 Å². The molecule has 9 nitrogen and oxygen atoms in total. The number of carbonyl (C=O) groups is 3. The van der Waals surface area contributed by atoms with Gasteiger partial charge < -0.3 is 33.3 Å². The zero-order chi connectivity index (χ0) is 55.5. The van der Waals surface area contributed by atoms with Gasteiger partial charge in [-0.2, -0.15) is 0 Å². The van der Waals surface area contributed by atoms with Crippen LogP contribution in [0.1, 0.15) is 290 Å². The Balaban J connectivity index is 4.11. The van der Waals surface area contributed by atoms with Gasteiger partial charge >= 0.3 is 11.9 Å². The van der Waals surface area contributed by atoms with Gasteiger partial charge in [0.05, 0.1) is 40.3 Å². The van der Waals surface area contributed by atoms with Crippen LogP contribution in [0.2, 0.25) is 0 Å². The molecular weight excluding hydrogens is 947 g/mol. The van der Waals surface area contributed by atoms with Gasteiger partial charge in [0.15, 0.2) is 12.4 Å². The molecule has 0 amide bonds. The minimum absolute atomic E-state index is 0.140. The lowest BCUT2D eigenvalue weighted by Gasteiger charge is -2.26. The number of hydrogen-bond donors (Lipinski definition) is 0. The third kappa shape index (κ3) is 58.7. The molecule has 0 aromatic rings. The number of likely N-dealkylation sites (N-methyl/N-ethyl adjacent to an activating group) is 1. The molecule has 0 aromatic heterocycles. The summed E-state index contributed by atoms with van der Waals surface area (Å²) in [6, 6.07) is 0. The van der Waals surface area contributed by atoms with E-state index in [4.69, 9.17) is 18.9 Å². The van der Waals surface area contributed by atoms with Gasteiger partial charge in [-0.15, -0.1) is 0 Å². The fourth-order valence-electron chi connectivity index (χ4n) is 9.15. The highest BCUT2D eigenvalue weighted by Crippen LogP contribution is 2.18. The van der Waals surface area contributed by atoms with Crippen LogP contribution in [-0.4, -0.2) is 82.3 Å². The van der Waals surface area contributed by atoms with E-state index in [0.717, 1.165) is 70.6 Å². The van der Waals surface area contributed by atoms with Crippen LogP contribution in [0, 0.1) is 0 Å². The minimum Gasteiger partial charge on any atom is -0.545 e. The fraction of sp³-hybridized carbons (Fsp3) is 0.806. The van der Waals surface area contributed by atoms with Crippen molar-refractivity contribution in [1.29, 1.82) is 0 Å². The summed E-state index contributed by atoms with van der Waals surface area (Å²) < 4.78 is 22.7. The zero-order valence-corrected chi connectivity index (χ0v) is 50.4. The summed E-state index contributed by atoms with van der Waals surface area (Å²) in [6.45, 7) is 4.63. The average Bonchev–Trinajstić information content (AvgIpc) is 3.39. The van der Waals surface area contributed by atoms with E-state index in [1.165, 1.54) is 186 Å². The van der Waals surface area contributed by atoms with E-state index in [2.05, 4.69) is 74.6 Å². The normalized spacial score (nSPS) is 13.1. The van der Waals surface area contributed by atoms with Crippen molar-refractivity contribution in [3.8, 4) is 0 Å². The second kappa shape index (κ2) is 58.1. The molecule has 76 heavy (non-hydrogen) atoms. The van der Waals surface area contributed by atoms with Crippen LogP contribution in [-0.2, 0) is 33.3 Å². The van der Waals surface area contributed by atoms with E-state index < -0.39 is 24.3 Å². The van der Waals surface area contributed by atoms with Gasteiger partial charge in [0.1, 0.15) is 13.2 Å². The number of nitrogens with zero attached hydrogens (tertiary/aromatic N) is 1. The van der Waals surface area contributed by atoms with Gasteiger partial charge in [-0.05, 0) is 57.8 Å². The molecule has 0 heterocycles. The van der Waals surface area contributed by atoms with Crippen LogP contribution < -0.4 is 5.11 Å². The lowest BCUT2D eigenvalue weighted by atomic mass is 10.0. The Kier molecular flexibility index (Phi) is 55.8. The zero-order valence-electron chi connectivity index (χ0n) is 50.4. The SMILES string of the molecule is CC/C=C\C/C=C\C/C=C\C/C=C\C/C=C\CCCCCC(=O)OC(COC(=O)CCCCCCCCCCCCCCCCCCCCCCCCCCCCCCCCCC)COC(OCC[N+](C)(C)C)C(=O)[O-]. The minimum atomic E-state index is -1.63. The van der Waals surface area contributed by atoms with Crippen molar-refractivity contribution in [3.05, 3.63) is 60.8 Å². The first kappa shape index (κ1) is 73.0. The predicted octanol–water partition coefficient (Wildman–Crippen LogP) is 17.9. The second-order valence-corrected chi connectivity index (χ2v) is 22.7. The largest absolute Gasteiger partial charge is 0.545 e. The summed E-state index contributed by atoms with van der Waals surface area (Å²) in [4.78, 5) is 37.3. The van der Waals surface area contributed by atoms with E-state index in [-0.39, 0.29) is 38.6 Å². The molecular formula is C67H121NO8. The fourth-order valence-corrected chi connectivity index (χ4v) is 9.15. The lowest BCUT2D eigenvalue weighted by Crippen LogP contribution is -2.44. The summed E-state index contributed by atoms with van der Waals surface area (Å²) in [7, 11) is 5.91. The van der Waals surface area contributed by atoms with Crippen LogP contribution in [0.25, 0.3) is 0 Å². The number of esters is 2. The Hall–Kier alpha value is -3.01. The molecule has 2 unspecified atom stereocenters. The Morgan fingerprint density at radius 1 is 0.408 bits per heavy atom. The third-order valence-electron chi connectivity index (χ3n) is 14.0. The molecule has 0 fully saturated rings. The molecule has 0 saturated carbocycles. The number of allylic oxidation sites excluding steroid dienone is 10. The van der Waals surface area contributed by atoms with Crippen LogP contribution >= 0.6 is 0 Å². The molecule has 0 aliphatic carbocycles. The molecule has 0 rings (SSSR count). The van der Waals surface area contributed by atoms with Crippen molar-refractivity contribution in [2.24, 2.45) is 0 Å². The Morgan fingerprint density at radius 3 is 1.12 bits per heavy atom. The molecule has 0 aliphatic rings. The molecule has 0 aromatic carbocycles. The standard InChI is InChI=1S/C67H121NO8/c1-6-8-10-12-14-16-18-20-22-24-26-27-28-29-30-31-32-33-34-35-36-37-38-40-41-43-45-47-49-51-53-55-57-64(69)74-61-63(62-75-67(66(71)72)73-60-59-68(3,4)5)76-65(70)58-56-54-52-50-48-46-44-42-39-25-23-21-19-17-15-13-11-9-7-2/h9,11,15,17,21,23,39,42,46,48,63,67H,6-8,10,12-14,16,18-20,22,24-38,40-41,43-45,47,49-62H2,1-5H3/b11-9-,17-15-,23-21-,42-39-,48-46-. The summed E-state index contributed by atoms with van der Waals surface area (Å²) in [5.41, 5.74) is 0. The summed E-state index contributed by atoms with van der Waals surface area (Å²) in [5.74, 6) is -2.32. The number of unbranched alkanes of at least 4 members (excludes halogenated alkanes) is 34. The van der Waals surface area contributed by atoms with E-state index in [1.807, 2.05) is 21.1 Å². The number of rotatable bonds is 59. The molecule has 0 spiro atoms. The highest BCUT2D eigenvalue weighted by molar-refractivity contribution is 5.70. The first-order valence-corrected chi connectivity index (χ1v) is 31.9. The molecule has 442 valence electrons. The van der Waals surface area contributed by atoms with Crippen LogP contribution in [0.15, 0.2) is 60.8 Å². The quantitative estimate of drug-likeness (QED) is 0.0195. The number of ether oxygens (including phenoxy) is 4. The van der Waals surface area contributed by atoms with Gasteiger partial charge in [-0.1, -0.05) is 280 Å². The number of carbonyl (C=O) groups excluding carboxylic acids is 3. The van der Waals surface area contributed by atoms with Gasteiger partial charge in [0.25, 0.3) is 0 Å². The van der Waals surface area contributed by atoms with E-state index in [9.17, 15) is 19.5 Å². The van der Waals surface area contributed by atoms with E-state index in [0.29, 0.717) is 17.4 Å². The lowest BCUT2D eigenvalue weighted by molar-refractivity contribution is -0.870. The van der Waals surface area contributed by atoms with Crippen molar-refractivity contribution >= 4 is 17.9 Å². The molecule has 0 saturated heterocycles. The molecule has 0 N–H and O–H groups in total. The van der Waals surface area contributed by atoms with Gasteiger partial charge in [0, 0.05) is 12.8 Å². The molecule has 0 aliphatic heterocycles. The number of carboxylic acid groups (broad SMARTS) is 1. The van der Waals surface area contributed by atoms with Crippen LogP contribution in [0.3, 0.4) is 0 Å². The topological polar surface area (TPSA) is 111 Å². The predicted molar refractivity (Wildman–Crippen MR) is 320 cm³/mol. The Morgan fingerprint density at radius 2 is 0.750 bits per heavy atom. The average molecular weight is 1070 g/mol. The van der Waals surface area contributed by atoms with Crippen molar-refractivity contribution in [1.82, 2.24) is 0 Å². The summed E-state index contributed by atoms with van der Waals surface area (Å²) >= 11 is 0. The monoisotopic (exact) mass is 1070 g/mol. The Bertz CT molecular complexity index is 1430. The van der Waals surface area contributed by atoms with Gasteiger partial charge in [0.2, 0.25) is 0 Å². The van der Waals surface area contributed by atoms with Crippen molar-refractivity contribution < 1.29 is 42.9 Å². The van der Waals surface area contributed by atoms with Gasteiger partial charge in [-0.25, -0.2) is 0 Å². The number of quaternary nitrogens is 1. The second-order valence-electron chi connectivity index (χ2n) is 22.7. The third-order valence-corrected chi connectivity index (χ3v) is 14.0. The maximum atomic E-state index is 12.9. The highest BCUT2D eigenvalue weighted by Gasteiger charge is 2.22. The number of carboxylic acids is 1. The smallest absolute Gasteiger partial charge is 0.306 e. The van der Waals surface area contributed by atoms with Crippen molar-refractivity contribution in [3.63, 3.8) is 0 Å². The maximum Gasteiger partial charge on any atom is 0.306 e. The van der Waals surface area contributed by atoms with Crippen LogP contribution in [0.4, 0.5) is 0 Å². The van der Waals surface area contributed by atoms with Crippen molar-refractivity contribution in [2.45, 2.75) is 302 Å². The maximum absolute atomic E-state index is 12.9. The van der Waals surface area contributed by atoms with Crippen LogP contribution in [0.5, 0.6) is 0 Å².